The molecule has 0 amide bonds. The number of aliphatic hydroxyl groups excluding tert-OH is 1. The van der Waals surface area contributed by atoms with Gasteiger partial charge in [-0.05, 0) is 20.3 Å². The first-order chi connectivity index (χ1) is 7.65. The molecule has 0 spiro atoms. The number of hydrogen-bond donors (Lipinski definition) is 1. The highest BCUT2D eigenvalue weighted by Gasteiger charge is 2.26. The zero-order valence-corrected chi connectivity index (χ0v) is 10.7. The summed E-state index contributed by atoms with van der Waals surface area (Å²) in [4.78, 5) is 2.34. The summed E-state index contributed by atoms with van der Waals surface area (Å²) in [6.07, 6.45) is 0.554. The van der Waals surface area contributed by atoms with Gasteiger partial charge in [-0.3, -0.25) is 4.90 Å². The summed E-state index contributed by atoms with van der Waals surface area (Å²) in [5.74, 6) is 0.244. The van der Waals surface area contributed by atoms with Gasteiger partial charge in [0, 0.05) is 38.8 Å². The average molecular weight is 231 g/mol. The van der Waals surface area contributed by atoms with Crippen LogP contribution in [0.25, 0.3) is 0 Å². The van der Waals surface area contributed by atoms with E-state index in [1.807, 2.05) is 0 Å². The van der Waals surface area contributed by atoms with Gasteiger partial charge in [0.1, 0.15) is 0 Å². The normalized spacial score (nSPS) is 26.6. The van der Waals surface area contributed by atoms with E-state index in [2.05, 4.69) is 18.7 Å². The molecule has 0 radical (unpaired) electrons. The minimum atomic E-state index is -0.211. The Morgan fingerprint density at radius 3 is 2.81 bits per heavy atom. The lowest BCUT2D eigenvalue weighted by atomic mass is 9.97. The van der Waals surface area contributed by atoms with E-state index in [1.54, 1.807) is 7.11 Å². The first-order valence-electron chi connectivity index (χ1n) is 6.14. The lowest BCUT2D eigenvalue weighted by molar-refractivity contribution is -0.0510. The van der Waals surface area contributed by atoms with Gasteiger partial charge >= 0.3 is 0 Å². The summed E-state index contributed by atoms with van der Waals surface area (Å²) in [5.41, 5.74) is 0. The lowest BCUT2D eigenvalue weighted by Gasteiger charge is -2.34. The van der Waals surface area contributed by atoms with E-state index in [9.17, 15) is 5.11 Å². The molecule has 1 saturated heterocycles. The number of methoxy groups -OCH3 is 1. The molecule has 1 rings (SSSR count). The summed E-state index contributed by atoms with van der Waals surface area (Å²) in [6, 6.07) is 0.476. The largest absolute Gasteiger partial charge is 0.393 e. The fraction of sp³-hybridized carbons (Fsp3) is 1.00. The smallest absolute Gasteiger partial charge is 0.0624 e. The third kappa shape index (κ3) is 4.37. The molecule has 4 nitrogen and oxygen atoms in total. The average Bonchev–Trinajstić information content (AvgIpc) is 2.26. The predicted molar refractivity (Wildman–Crippen MR) is 63.5 cm³/mol. The summed E-state index contributed by atoms with van der Waals surface area (Å²) in [6.45, 7) is 8.26. The van der Waals surface area contributed by atoms with Crippen LogP contribution in [0.15, 0.2) is 0 Å². The summed E-state index contributed by atoms with van der Waals surface area (Å²) in [5, 5.41) is 9.89. The van der Waals surface area contributed by atoms with Crippen molar-refractivity contribution in [2.75, 3.05) is 40.0 Å². The molecule has 2 unspecified atom stereocenters. The molecule has 0 aliphatic carbocycles. The Hall–Kier alpha value is -0.160. The van der Waals surface area contributed by atoms with Crippen LogP contribution in [0.5, 0.6) is 0 Å². The van der Waals surface area contributed by atoms with Crippen LogP contribution in [0.1, 0.15) is 20.3 Å². The number of hydrogen-bond acceptors (Lipinski definition) is 4. The Bertz CT molecular complexity index is 187. The first-order valence-corrected chi connectivity index (χ1v) is 6.14. The third-order valence-electron chi connectivity index (χ3n) is 3.22. The topological polar surface area (TPSA) is 41.9 Å². The molecule has 0 aromatic carbocycles. The number of ether oxygens (including phenoxy) is 2. The summed E-state index contributed by atoms with van der Waals surface area (Å²) < 4.78 is 10.5. The van der Waals surface area contributed by atoms with E-state index in [1.165, 1.54) is 0 Å². The highest BCUT2D eigenvalue weighted by molar-refractivity contribution is 4.77. The van der Waals surface area contributed by atoms with Crippen molar-refractivity contribution in [3.8, 4) is 0 Å². The Kier molecular flexibility index (Phi) is 6.28. The quantitative estimate of drug-likeness (QED) is 0.732. The molecule has 1 heterocycles. The van der Waals surface area contributed by atoms with E-state index >= 15 is 0 Å². The van der Waals surface area contributed by atoms with Gasteiger partial charge < -0.3 is 14.6 Å². The van der Waals surface area contributed by atoms with Gasteiger partial charge in [-0.15, -0.1) is 0 Å². The van der Waals surface area contributed by atoms with Crippen molar-refractivity contribution >= 4 is 0 Å². The van der Waals surface area contributed by atoms with Crippen molar-refractivity contribution in [2.24, 2.45) is 5.92 Å². The number of rotatable bonds is 6. The molecular formula is C12H25NO3. The van der Waals surface area contributed by atoms with E-state index in [0.29, 0.717) is 19.3 Å². The van der Waals surface area contributed by atoms with E-state index in [4.69, 9.17) is 9.47 Å². The third-order valence-corrected chi connectivity index (χ3v) is 3.22. The maximum atomic E-state index is 9.89. The SMILES string of the molecule is COCCN(CC1COCCC1O)C(C)C. The second kappa shape index (κ2) is 7.22. The summed E-state index contributed by atoms with van der Waals surface area (Å²) >= 11 is 0. The molecule has 1 aliphatic heterocycles. The monoisotopic (exact) mass is 231 g/mol. The Morgan fingerprint density at radius 2 is 2.25 bits per heavy atom. The highest BCUT2D eigenvalue weighted by atomic mass is 16.5. The molecule has 4 heteroatoms. The fourth-order valence-corrected chi connectivity index (χ4v) is 2.03. The molecule has 1 aliphatic rings. The van der Waals surface area contributed by atoms with Gasteiger partial charge in [-0.1, -0.05) is 0 Å². The van der Waals surface area contributed by atoms with Crippen molar-refractivity contribution in [3.05, 3.63) is 0 Å². The van der Waals surface area contributed by atoms with Crippen LogP contribution < -0.4 is 0 Å². The van der Waals surface area contributed by atoms with Crippen molar-refractivity contribution in [1.29, 1.82) is 0 Å². The van der Waals surface area contributed by atoms with Crippen molar-refractivity contribution in [3.63, 3.8) is 0 Å². The number of nitrogens with zero attached hydrogens (tertiary/aromatic N) is 1. The van der Waals surface area contributed by atoms with Crippen molar-refractivity contribution < 1.29 is 14.6 Å². The van der Waals surface area contributed by atoms with Crippen LogP contribution in [0.4, 0.5) is 0 Å². The lowest BCUT2D eigenvalue weighted by Crippen LogP contribution is -2.44. The Morgan fingerprint density at radius 1 is 1.50 bits per heavy atom. The van der Waals surface area contributed by atoms with Crippen LogP contribution in [-0.2, 0) is 9.47 Å². The maximum absolute atomic E-state index is 9.89. The molecule has 1 N–H and O–H groups in total. The van der Waals surface area contributed by atoms with Crippen LogP contribution in [-0.4, -0.2) is 62.2 Å². The van der Waals surface area contributed by atoms with Gasteiger partial charge in [0.15, 0.2) is 0 Å². The van der Waals surface area contributed by atoms with Crippen molar-refractivity contribution in [1.82, 2.24) is 4.90 Å². The molecule has 0 aromatic heterocycles. The Balaban J connectivity index is 2.39. The van der Waals surface area contributed by atoms with Crippen molar-refractivity contribution in [2.45, 2.75) is 32.4 Å². The molecule has 0 bridgehead atoms. The van der Waals surface area contributed by atoms with Gasteiger partial charge in [-0.25, -0.2) is 0 Å². The van der Waals surface area contributed by atoms with Crippen LogP contribution in [0, 0.1) is 5.92 Å². The van der Waals surface area contributed by atoms with Crippen LogP contribution >= 0.6 is 0 Å². The van der Waals surface area contributed by atoms with Gasteiger partial charge in [0.05, 0.1) is 19.3 Å². The predicted octanol–water partition coefficient (Wildman–Crippen LogP) is 0.741. The molecule has 2 atom stereocenters. The molecule has 1 fully saturated rings. The van der Waals surface area contributed by atoms with Gasteiger partial charge in [0.2, 0.25) is 0 Å². The fourth-order valence-electron chi connectivity index (χ4n) is 2.03. The molecule has 0 saturated carbocycles. The minimum absolute atomic E-state index is 0.211. The molecular weight excluding hydrogens is 206 g/mol. The summed E-state index contributed by atoms with van der Waals surface area (Å²) in [7, 11) is 1.72. The zero-order chi connectivity index (χ0) is 12.0. The zero-order valence-electron chi connectivity index (χ0n) is 10.7. The van der Waals surface area contributed by atoms with E-state index < -0.39 is 0 Å². The van der Waals surface area contributed by atoms with Crippen LogP contribution in [0.3, 0.4) is 0 Å². The molecule has 16 heavy (non-hydrogen) atoms. The first kappa shape index (κ1) is 13.9. The second-order valence-electron chi connectivity index (χ2n) is 4.77. The Labute approximate surface area is 98.5 Å². The molecule has 0 aromatic rings. The van der Waals surface area contributed by atoms with E-state index in [0.717, 1.165) is 26.1 Å². The van der Waals surface area contributed by atoms with E-state index in [-0.39, 0.29) is 12.0 Å². The van der Waals surface area contributed by atoms with Crippen LogP contribution in [0.2, 0.25) is 0 Å². The standard InChI is InChI=1S/C12H25NO3/c1-10(2)13(5-7-15-3)8-11-9-16-6-4-12(11)14/h10-12,14H,4-9H2,1-3H3. The van der Waals surface area contributed by atoms with Gasteiger partial charge in [-0.2, -0.15) is 0 Å². The van der Waals surface area contributed by atoms with Gasteiger partial charge in [0.25, 0.3) is 0 Å². The number of aliphatic hydroxyl groups is 1. The molecule has 96 valence electrons. The second-order valence-corrected chi connectivity index (χ2v) is 4.77. The highest BCUT2D eigenvalue weighted by Crippen LogP contribution is 2.17. The minimum Gasteiger partial charge on any atom is -0.393 e. The maximum Gasteiger partial charge on any atom is 0.0624 e.